The molecule has 0 spiro atoms. The second-order valence-corrected chi connectivity index (χ2v) is 6.17. The van der Waals surface area contributed by atoms with Gasteiger partial charge in [0.25, 0.3) is 0 Å². The van der Waals surface area contributed by atoms with E-state index in [2.05, 4.69) is 61.2 Å². The highest BCUT2D eigenvalue weighted by Gasteiger charge is 2.16. The van der Waals surface area contributed by atoms with E-state index in [1.165, 1.54) is 24.0 Å². The maximum Gasteiger partial charge on any atom is 0.0643 e. The van der Waals surface area contributed by atoms with Crippen LogP contribution < -0.4 is 16.6 Å². The Hall–Kier alpha value is -1.16. The lowest BCUT2D eigenvalue weighted by Crippen LogP contribution is -2.43. The number of hydrazine groups is 1. The first-order chi connectivity index (χ1) is 10.2. The molecule has 0 saturated carbocycles. The van der Waals surface area contributed by atoms with Gasteiger partial charge in [0.05, 0.1) is 12.7 Å². The zero-order chi connectivity index (χ0) is 15.1. The summed E-state index contributed by atoms with van der Waals surface area (Å²) in [6.07, 6.45) is 18.6. The summed E-state index contributed by atoms with van der Waals surface area (Å²) in [5.74, 6) is 1.36. The molecule has 3 atom stereocenters. The van der Waals surface area contributed by atoms with Crippen LogP contribution in [0.25, 0.3) is 0 Å². The average molecular weight is 287 g/mol. The Labute approximate surface area is 129 Å². The van der Waals surface area contributed by atoms with Crippen LogP contribution in [-0.4, -0.2) is 12.7 Å². The third kappa shape index (κ3) is 4.95. The standard InChI is InChI=1S/C18H29N3/c1-14-8-9-15(2)17(12-14)10-11-18(21-20-13-19)16-6-4-3-5-7-16/h4,6-7,10-12,14-15,18,20-21H,3,5,8-9,13,19H2,1-2H3/b11-10+. The van der Waals surface area contributed by atoms with E-state index in [1.54, 1.807) is 0 Å². The van der Waals surface area contributed by atoms with Crippen molar-refractivity contribution in [2.75, 3.05) is 6.67 Å². The van der Waals surface area contributed by atoms with Gasteiger partial charge < -0.3 is 5.73 Å². The maximum absolute atomic E-state index is 5.54. The molecule has 21 heavy (non-hydrogen) atoms. The van der Waals surface area contributed by atoms with Gasteiger partial charge in [-0.05, 0) is 48.7 Å². The summed E-state index contributed by atoms with van der Waals surface area (Å²) in [6, 6.07) is 0.176. The molecule has 2 aliphatic carbocycles. The van der Waals surface area contributed by atoms with Crippen LogP contribution in [0, 0.1) is 11.8 Å². The molecular formula is C18H29N3. The Morgan fingerprint density at radius 1 is 1.33 bits per heavy atom. The number of nitrogens with one attached hydrogen (secondary N) is 2. The van der Waals surface area contributed by atoms with Crippen LogP contribution in [0.1, 0.15) is 39.5 Å². The molecule has 0 aliphatic heterocycles. The summed E-state index contributed by atoms with van der Waals surface area (Å²) in [7, 11) is 0. The van der Waals surface area contributed by atoms with Crippen LogP contribution in [0.2, 0.25) is 0 Å². The van der Waals surface area contributed by atoms with Crippen LogP contribution in [0.5, 0.6) is 0 Å². The van der Waals surface area contributed by atoms with Gasteiger partial charge in [0.15, 0.2) is 0 Å². The van der Waals surface area contributed by atoms with E-state index in [-0.39, 0.29) is 6.04 Å². The molecule has 2 aliphatic rings. The summed E-state index contributed by atoms with van der Waals surface area (Å²) in [5.41, 5.74) is 14.7. The van der Waals surface area contributed by atoms with E-state index in [9.17, 15) is 0 Å². The van der Waals surface area contributed by atoms with Gasteiger partial charge in [-0.25, -0.2) is 10.9 Å². The summed E-state index contributed by atoms with van der Waals surface area (Å²) in [4.78, 5) is 0. The fourth-order valence-electron chi connectivity index (χ4n) is 2.96. The van der Waals surface area contributed by atoms with Crippen LogP contribution in [-0.2, 0) is 0 Å². The van der Waals surface area contributed by atoms with Gasteiger partial charge in [0.2, 0.25) is 0 Å². The topological polar surface area (TPSA) is 50.1 Å². The molecule has 0 fully saturated rings. The van der Waals surface area contributed by atoms with Crippen LogP contribution in [0.15, 0.2) is 47.6 Å². The molecule has 0 heterocycles. The van der Waals surface area contributed by atoms with Crippen molar-refractivity contribution in [2.24, 2.45) is 17.6 Å². The van der Waals surface area contributed by atoms with E-state index >= 15 is 0 Å². The third-order valence-electron chi connectivity index (χ3n) is 4.32. The highest BCUT2D eigenvalue weighted by Crippen LogP contribution is 2.29. The van der Waals surface area contributed by atoms with E-state index in [4.69, 9.17) is 5.73 Å². The minimum atomic E-state index is 0.176. The van der Waals surface area contributed by atoms with Crippen LogP contribution >= 0.6 is 0 Å². The van der Waals surface area contributed by atoms with Crippen LogP contribution in [0.4, 0.5) is 0 Å². The van der Waals surface area contributed by atoms with Gasteiger partial charge in [0, 0.05) is 0 Å². The van der Waals surface area contributed by atoms with Crippen molar-refractivity contribution < 1.29 is 0 Å². The summed E-state index contributed by atoms with van der Waals surface area (Å²) < 4.78 is 0. The van der Waals surface area contributed by atoms with Crippen LogP contribution in [0.3, 0.4) is 0 Å². The Morgan fingerprint density at radius 3 is 2.90 bits per heavy atom. The molecule has 2 rings (SSSR count). The molecule has 3 nitrogen and oxygen atoms in total. The number of nitrogens with two attached hydrogens (primary N) is 1. The van der Waals surface area contributed by atoms with Crippen molar-refractivity contribution in [2.45, 2.75) is 45.6 Å². The van der Waals surface area contributed by atoms with E-state index < -0.39 is 0 Å². The zero-order valence-corrected chi connectivity index (χ0v) is 13.3. The van der Waals surface area contributed by atoms with Crippen molar-refractivity contribution in [1.29, 1.82) is 0 Å². The first-order valence-electron chi connectivity index (χ1n) is 8.15. The van der Waals surface area contributed by atoms with Gasteiger partial charge >= 0.3 is 0 Å². The number of allylic oxidation sites excluding steroid dienone is 5. The molecule has 4 N–H and O–H groups in total. The lowest BCUT2D eigenvalue weighted by Gasteiger charge is -2.23. The Balaban J connectivity index is 2.08. The Morgan fingerprint density at radius 2 is 2.19 bits per heavy atom. The lowest BCUT2D eigenvalue weighted by atomic mass is 9.83. The average Bonchev–Trinajstić information content (AvgIpc) is 2.51. The fourth-order valence-corrected chi connectivity index (χ4v) is 2.96. The van der Waals surface area contributed by atoms with Gasteiger partial charge in [-0.1, -0.05) is 50.3 Å². The van der Waals surface area contributed by atoms with Crippen molar-refractivity contribution in [3.63, 3.8) is 0 Å². The molecule has 0 aromatic rings. The van der Waals surface area contributed by atoms with Gasteiger partial charge in [-0.2, -0.15) is 0 Å². The van der Waals surface area contributed by atoms with Gasteiger partial charge in [-0.15, -0.1) is 0 Å². The summed E-state index contributed by atoms with van der Waals surface area (Å²) >= 11 is 0. The van der Waals surface area contributed by atoms with Gasteiger partial charge in [0.1, 0.15) is 0 Å². The molecule has 3 unspecified atom stereocenters. The Kier molecular flexibility index (Phi) is 6.43. The predicted octanol–water partition coefficient (Wildman–Crippen LogP) is 3.19. The van der Waals surface area contributed by atoms with Crippen molar-refractivity contribution in [1.82, 2.24) is 10.9 Å². The molecular weight excluding hydrogens is 258 g/mol. The SMILES string of the molecule is CC1C=C(/C=C/C(NNCN)C2=CCCC=C2)C(C)CC1. The van der Waals surface area contributed by atoms with E-state index in [0.29, 0.717) is 18.5 Å². The largest absolute Gasteiger partial charge is 0.317 e. The second-order valence-electron chi connectivity index (χ2n) is 6.17. The molecule has 0 aromatic heterocycles. The smallest absolute Gasteiger partial charge is 0.0643 e. The van der Waals surface area contributed by atoms with Gasteiger partial charge in [-0.3, -0.25) is 0 Å². The van der Waals surface area contributed by atoms with E-state index in [1.807, 2.05) is 0 Å². The second kappa shape index (κ2) is 8.32. The first-order valence-corrected chi connectivity index (χ1v) is 8.15. The summed E-state index contributed by atoms with van der Waals surface area (Å²) in [5, 5.41) is 0. The first kappa shape index (κ1) is 16.2. The maximum atomic E-state index is 5.54. The molecule has 0 aromatic carbocycles. The molecule has 0 bridgehead atoms. The monoisotopic (exact) mass is 287 g/mol. The van der Waals surface area contributed by atoms with E-state index in [0.717, 1.165) is 12.8 Å². The number of rotatable bonds is 6. The number of hydrogen-bond acceptors (Lipinski definition) is 3. The highest BCUT2D eigenvalue weighted by atomic mass is 15.4. The molecule has 0 radical (unpaired) electrons. The molecule has 0 amide bonds. The highest BCUT2D eigenvalue weighted by molar-refractivity contribution is 5.34. The Bertz CT molecular complexity index is 445. The fraction of sp³-hybridized carbons (Fsp3) is 0.556. The minimum absolute atomic E-state index is 0.176. The van der Waals surface area contributed by atoms with Crippen molar-refractivity contribution in [3.05, 3.63) is 47.6 Å². The molecule has 3 heteroatoms. The van der Waals surface area contributed by atoms with Crippen molar-refractivity contribution >= 4 is 0 Å². The number of hydrogen-bond donors (Lipinski definition) is 3. The minimum Gasteiger partial charge on any atom is -0.317 e. The lowest BCUT2D eigenvalue weighted by molar-refractivity contribution is 0.485. The molecule has 116 valence electrons. The molecule has 0 saturated heterocycles. The zero-order valence-electron chi connectivity index (χ0n) is 13.3. The normalized spacial score (nSPS) is 27.6. The van der Waals surface area contributed by atoms with Crippen molar-refractivity contribution in [3.8, 4) is 0 Å². The summed E-state index contributed by atoms with van der Waals surface area (Å²) in [6.45, 7) is 5.05. The predicted molar refractivity (Wildman–Crippen MR) is 90.4 cm³/mol. The quantitative estimate of drug-likeness (QED) is 0.519. The third-order valence-corrected chi connectivity index (χ3v) is 4.32.